The summed E-state index contributed by atoms with van der Waals surface area (Å²) in [6, 6.07) is 0. The van der Waals surface area contributed by atoms with Gasteiger partial charge in [0.25, 0.3) is 0 Å². The normalized spacial score (nSPS) is 16.3. The zero-order valence-electron chi connectivity index (χ0n) is 7.13. The van der Waals surface area contributed by atoms with Crippen LogP contribution in [0.1, 0.15) is 33.6 Å². The molecule has 2 unspecified atom stereocenters. The second-order valence-electron chi connectivity index (χ2n) is 2.71. The van der Waals surface area contributed by atoms with E-state index in [-0.39, 0.29) is 0 Å². The summed E-state index contributed by atoms with van der Waals surface area (Å²) in [5, 5.41) is 0.623. The van der Waals surface area contributed by atoms with E-state index in [1.54, 1.807) is 11.9 Å². The van der Waals surface area contributed by atoms with Crippen molar-refractivity contribution < 1.29 is 0 Å². The third-order valence-corrected chi connectivity index (χ3v) is 2.73. The molecule has 0 spiro atoms. The molecule has 0 heterocycles. The Hall–Kier alpha value is 0.0200. The molecule has 0 bridgehead atoms. The molecule has 10 heavy (non-hydrogen) atoms. The molecule has 0 radical (unpaired) electrons. The SMILES string of the molecule is C=NSC(C)C(C)CCC. The first kappa shape index (κ1) is 10.0. The van der Waals surface area contributed by atoms with Gasteiger partial charge < -0.3 is 0 Å². The van der Waals surface area contributed by atoms with Crippen molar-refractivity contribution in [3.8, 4) is 0 Å². The van der Waals surface area contributed by atoms with Gasteiger partial charge >= 0.3 is 0 Å². The molecule has 0 aliphatic rings. The van der Waals surface area contributed by atoms with Gasteiger partial charge in [0.15, 0.2) is 0 Å². The second-order valence-corrected chi connectivity index (χ2v) is 3.92. The lowest BCUT2D eigenvalue weighted by molar-refractivity contribution is 0.521. The second kappa shape index (κ2) is 5.78. The summed E-state index contributed by atoms with van der Waals surface area (Å²) < 4.78 is 3.81. The van der Waals surface area contributed by atoms with E-state index in [0.717, 1.165) is 5.92 Å². The highest BCUT2D eigenvalue weighted by atomic mass is 32.2. The van der Waals surface area contributed by atoms with E-state index in [1.165, 1.54) is 12.8 Å². The molecule has 0 aromatic carbocycles. The van der Waals surface area contributed by atoms with Crippen LogP contribution in [0.15, 0.2) is 4.40 Å². The lowest BCUT2D eigenvalue weighted by Crippen LogP contribution is -2.08. The summed E-state index contributed by atoms with van der Waals surface area (Å²) in [6.45, 7) is 10.2. The first-order valence-electron chi connectivity index (χ1n) is 3.84. The third kappa shape index (κ3) is 3.94. The molecular weight excluding hydrogens is 142 g/mol. The van der Waals surface area contributed by atoms with Gasteiger partial charge in [-0.3, -0.25) is 0 Å². The maximum Gasteiger partial charge on any atom is 0.0264 e. The molecule has 1 nitrogen and oxygen atoms in total. The van der Waals surface area contributed by atoms with E-state index in [4.69, 9.17) is 0 Å². The Balaban J connectivity index is 3.47. The fourth-order valence-corrected chi connectivity index (χ4v) is 1.49. The lowest BCUT2D eigenvalue weighted by Gasteiger charge is -2.15. The van der Waals surface area contributed by atoms with E-state index in [9.17, 15) is 0 Å². The van der Waals surface area contributed by atoms with Crippen LogP contribution in [0.4, 0.5) is 0 Å². The maximum absolute atomic E-state index is 3.81. The van der Waals surface area contributed by atoms with Gasteiger partial charge in [0, 0.05) is 5.25 Å². The van der Waals surface area contributed by atoms with Crippen LogP contribution in [0.25, 0.3) is 0 Å². The van der Waals surface area contributed by atoms with E-state index in [0.29, 0.717) is 5.25 Å². The van der Waals surface area contributed by atoms with Gasteiger partial charge in [-0.05, 0) is 31.0 Å². The van der Waals surface area contributed by atoms with Crippen molar-refractivity contribution in [2.45, 2.75) is 38.9 Å². The van der Waals surface area contributed by atoms with Crippen LogP contribution in [0.3, 0.4) is 0 Å². The molecule has 0 amide bonds. The third-order valence-electron chi connectivity index (χ3n) is 1.79. The van der Waals surface area contributed by atoms with E-state index in [2.05, 4.69) is 31.9 Å². The minimum atomic E-state index is 0.623. The molecule has 0 aromatic rings. The highest BCUT2D eigenvalue weighted by molar-refractivity contribution is 7.98. The number of nitrogens with zero attached hydrogens (tertiary/aromatic N) is 1. The molecule has 0 rings (SSSR count). The summed E-state index contributed by atoms with van der Waals surface area (Å²) in [6.07, 6.45) is 2.56. The average molecular weight is 159 g/mol. The van der Waals surface area contributed by atoms with Crippen molar-refractivity contribution in [2.75, 3.05) is 0 Å². The first-order valence-corrected chi connectivity index (χ1v) is 4.67. The molecule has 2 atom stereocenters. The maximum atomic E-state index is 3.81. The van der Waals surface area contributed by atoms with Crippen molar-refractivity contribution in [2.24, 2.45) is 10.3 Å². The Morgan fingerprint density at radius 2 is 2.10 bits per heavy atom. The van der Waals surface area contributed by atoms with Crippen LogP contribution in [0.5, 0.6) is 0 Å². The zero-order chi connectivity index (χ0) is 7.98. The van der Waals surface area contributed by atoms with Gasteiger partial charge in [-0.1, -0.05) is 27.2 Å². The first-order chi connectivity index (χ1) is 4.72. The smallest absolute Gasteiger partial charge is 0.0264 e. The van der Waals surface area contributed by atoms with Gasteiger partial charge in [-0.25, -0.2) is 4.40 Å². The standard InChI is InChI=1S/C8H17NS/c1-5-6-7(2)8(3)10-9-4/h7-8H,4-6H2,1-3H3. The Morgan fingerprint density at radius 1 is 1.50 bits per heavy atom. The lowest BCUT2D eigenvalue weighted by atomic mass is 10.0. The molecule has 0 aliphatic heterocycles. The minimum absolute atomic E-state index is 0.623. The van der Waals surface area contributed by atoms with Crippen LogP contribution in [-0.4, -0.2) is 12.0 Å². The predicted molar refractivity (Wildman–Crippen MR) is 50.7 cm³/mol. The van der Waals surface area contributed by atoms with Gasteiger partial charge in [-0.15, -0.1) is 0 Å². The molecule has 0 saturated carbocycles. The number of rotatable bonds is 5. The van der Waals surface area contributed by atoms with Crippen LogP contribution in [-0.2, 0) is 0 Å². The topological polar surface area (TPSA) is 12.4 Å². The summed E-state index contributed by atoms with van der Waals surface area (Å²) in [4.78, 5) is 0. The van der Waals surface area contributed by atoms with Gasteiger partial charge in [0.2, 0.25) is 0 Å². The Morgan fingerprint density at radius 3 is 2.50 bits per heavy atom. The van der Waals surface area contributed by atoms with Crippen LogP contribution in [0, 0.1) is 5.92 Å². The summed E-state index contributed by atoms with van der Waals surface area (Å²) in [5.41, 5.74) is 0. The monoisotopic (exact) mass is 159 g/mol. The summed E-state index contributed by atoms with van der Waals surface area (Å²) in [5.74, 6) is 0.764. The molecule has 0 aliphatic carbocycles. The highest BCUT2D eigenvalue weighted by Gasteiger charge is 2.10. The summed E-state index contributed by atoms with van der Waals surface area (Å²) >= 11 is 1.59. The number of hydrogen-bond donors (Lipinski definition) is 0. The van der Waals surface area contributed by atoms with Crippen molar-refractivity contribution in [1.82, 2.24) is 0 Å². The minimum Gasteiger partial charge on any atom is -0.232 e. The Kier molecular flexibility index (Phi) is 5.79. The molecule has 60 valence electrons. The quantitative estimate of drug-likeness (QED) is 0.443. The molecule has 0 fully saturated rings. The van der Waals surface area contributed by atoms with E-state index >= 15 is 0 Å². The van der Waals surface area contributed by atoms with E-state index in [1.807, 2.05) is 0 Å². The van der Waals surface area contributed by atoms with Crippen LogP contribution in [0.2, 0.25) is 0 Å². The predicted octanol–water partition coefficient (Wildman–Crippen LogP) is 3.16. The molecule has 0 aromatic heterocycles. The van der Waals surface area contributed by atoms with Crippen molar-refractivity contribution in [3.05, 3.63) is 0 Å². The highest BCUT2D eigenvalue weighted by Crippen LogP contribution is 2.22. The van der Waals surface area contributed by atoms with Crippen molar-refractivity contribution in [1.29, 1.82) is 0 Å². The summed E-state index contributed by atoms with van der Waals surface area (Å²) in [7, 11) is 0. The average Bonchev–Trinajstić information content (AvgIpc) is 1.89. The molecule has 2 heteroatoms. The van der Waals surface area contributed by atoms with Crippen molar-refractivity contribution in [3.63, 3.8) is 0 Å². The molecule has 0 saturated heterocycles. The molecular formula is C8H17NS. The Labute approximate surface area is 68.4 Å². The number of hydrogen-bond acceptors (Lipinski definition) is 2. The fraction of sp³-hybridized carbons (Fsp3) is 0.875. The largest absolute Gasteiger partial charge is 0.232 e. The van der Waals surface area contributed by atoms with Crippen LogP contribution < -0.4 is 0 Å². The fourth-order valence-electron chi connectivity index (χ4n) is 0.912. The molecule has 0 N–H and O–H groups in total. The van der Waals surface area contributed by atoms with Gasteiger partial charge in [0.1, 0.15) is 0 Å². The van der Waals surface area contributed by atoms with Gasteiger partial charge in [-0.2, -0.15) is 0 Å². The van der Waals surface area contributed by atoms with Crippen molar-refractivity contribution >= 4 is 18.7 Å². The van der Waals surface area contributed by atoms with Crippen LogP contribution >= 0.6 is 11.9 Å². The van der Waals surface area contributed by atoms with E-state index < -0.39 is 0 Å². The zero-order valence-corrected chi connectivity index (χ0v) is 7.95. The van der Waals surface area contributed by atoms with Gasteiger partial charge in [0.05, 0.1) is 0 Å². The Bertz CT molecular complexity index is 93.3.